The van der Waals surface area contributed by atoms with Crippen LogP contribution in [0.15, 0.2) is 18.2 Å². The highest BCUT2D eigenvalue weighted by molar-refractivity contribution is 6.47. The first-order valence-corrected chi connectivity index (χ1v) is 8.94. The van der Waals surface area contributed by atoms with Crippen LogP contribution < -0.4 is 10.4 Å². The second kappa shape index (κ2) is 8.40. The molecule has 1 aromatic heterocycles. The van der Waals surface area contributed by atoms with Crippen LogP contribution in [-0.2, 0) is 24.2 Å². The number of nitrogens with zero attached hydrogens (tertiary/aromatic N) is 4. The summed E-state index contributed by atoms with van der Waals surface area (Å²) in [6.45, 7) is 2.54. The predicted molar refractivity (Wildman–Crippen MR) is 97.3 cm³/mol. The zero-order valence-electron chi connectivity index (χ0n) is 15.2. The summed E-state index contributed by atoms with van der Waals surface area (Å²) in [5.41, 5.74) is 6.70. The van der Waals surface area contributed by atoms with Crippen LogP contribution in [0.1, 0.15) is 41.5 Å². The van der Waals surface area contributed by atoms with E-state index in [1.54, 1.807) is 12.1 Å². The monoisotopic (exact) mass is 371 g/mol. The van der Waals surface area contributed by atoms with Crippen molar-refractivity contribution in [2.75, 3.05) is 6.54 Å². The third-order valence-corrected chi connectivity index (χ3v) is 4.50. The fourth-order valence-corrected chi connectivity index (χ4v) is 3.15. The number of Topliss-reactive ketones (excluding diaryl/α,β-unsaturated/α-hetero) is 2. The molecule has 0 aliphatic carbocycles. The predicted octanol–water partition coefficient (Wildman–Crippen LogP) is 0.212. The Morgan fingerprint density at radius 1 is 1.44 bits per heavy atom. The second-order valence-corrected chi connectivity index (χ2v) is 6.69. The first kappa shape index (κ1) is 19.2. The van der Waals surface area contributed by atoms with Gasteiger partial charge in [-0.3, -0.25) is 9.59 Å². The van der Waals surface area contributed by atoms with Crippen LogP contribution in [0.4, 0.5) is 0 Å². The summed E-state index contributed by atoms with van der Waals surface area (Å²) >= 11 is 0. The molecule has 0 saturated carbocycles. The van der Waals surface area contributed by atoms with Gasteiger partial charge in [0.15, 0.2) is 11.6 Å². The average Bonchev–Trinajstić information content (AvgIpc) is 3.07. The van der Waals surface area contributed by atoms with Crippen molar-refractivity contribution >= 4 is 18.7 Å². The molecule has 0 unspecified atom stereocenters. The Balaban J connectivity index is 1.62. The summed E-state index contributed by atoms with van der Waals surface area (Å²) in [7, 11) is -1.14. The van der Waals surface area contributed by atoms with Gasteiger partial charge in [0.2, 0.25) is 0 Å². The van der Waals surface area contributed by atoms with Gasteiger partial charge >= 0.3 is 7.12 Å². The lowest BCUT2D eigenvalue weighted by atomic mass is 9.64. The quantitative estimate of drug-likeness (QED) is 0.497. The Hall–Kier alpha value is -2.59. The summed E-state index contributed by atoms with van der Waals surface area (Å²) in [6.07, 6.45) is 1.37. The zero-order valence-corrected chi connectivity index (χ0v) is 15.2. The minimum absolute atomic E-state index is 0.0478. The molecule has 1 aliphatic rings. The van der Waals surface area contributed by atoms with Crippen LogP contribution in [0, 0.1) is 0 Å². The van der Waals surface area contributed by atoms with Crippen LogP contribution in [0.5, 0.6) is 5.75 Å². The largest absolute Gasteiger partial charge is 0.535 e. The van der Waals surface area contributed by atoms with Gasteiger partial charge in [0.05, 0.1) is 18.5 Å². The van der Waals surface area contributed by atoms with Gasteiger partial charge in [-0.1, -0.05) is 12.1 Å². The maximum absolute atomic E-state index is 12.4. The lowest BCUT2D eigenvalue weighted by Gasteiger charge is -2.28. The number of para-hydroxylation sites is 1. The van der Waals surface area contributed by atoms with Crippen molar-refractivity contribution < 1.29 is 19.3 Å². The molecule has 9 nitrogen and oxygen atoms in total. The van der Waals surface area contributed by atoms with Gasteiger partial charge in [0.25, 0.3) is 0 Å². The molecule has 3 N–H and O–H groups in total. The molecular weight excluding hydrogens is 349 g/mol. The first-order chi connectivity index (χ1) is 13.0. The van der Waals surface area contributed by atoms with Crippen molar-refractivity contribution in [2.45, 2.75) is 45.0 Å². The van der Waals surface area contributed by atoms with E-state index in [-0.39, 0.29) is 30.2 Å². The molecule has 0 amide bonds. The number of rotatable bonds is 8. The van der Waals surface area contributed by atoms with Crippen molar-refractivity contribution in [1.29, 1.82) is 0 Å². The van der Waals surface area contributed by atoms with Crippen molar-refractivity contribution in [3.8, 4) is 5.75 Å². The normalized spacial score (nSPS) is 16.0. The van der Waals surface area contributed by atoms with E-state index in [4.69, 9.17) is 10.4 Å². The minimum Gasteiger partial charge on any atom is -0.535 e. The smallest absolute Gasteiger partial charge is 0.526 e. The van der Waals surface area contributed by atoms with Gasteiger partial charge in [-0.2, -0.15) is 4.80 Å². The third-order valence-electron chi connectivity index (χ3n) is 4.50. The van der Waals surface area contributed by atoms with Crippen molar-refractivity contribution in [3.05, 3.63) is 35.2 Å². The van der Waals surface area contributed by atoms with Crippen LogP contribution in [0.25, 0.3) is 0 Å². The topological polar surface area (TPSA) is 133 Å². The summed E-state index contributed by atoms with van der Waals surface area (Å²) in [4.78, 5) is 25.5. The molecule has 0 spiro atoms. The molecular formula is C17H22BN5O4. The molecule has 1 aromatic carbocycles. The first-order valence-electron chi connectivity index (χ1n) is 8.94. The Kier molecular flexibility index (Phi) is 5.97. The highest BCUT2D eigenvalue weighted by atomic mass is 16.5. The molecule has 142 valence electrons. The molecule has 2 aromatic rings. The van der Waals surface area contributed by atoms with Gasteiger partial charge in [0.1, 0.15) is 11.5 Å². The van der Waals surface area contributed by atoms with Crippen LogP contribution >= 0.6 is 0 Å². The van der Waals surface area contributed by atoms with E-state index in [2.05, 4.69) is 15.4 Å². The van der Waals surface area contributed by atoms with Gasteiger partial charge in [0, 0.05) is 12.2 Å². The third kappa shape index (κ3) is 4.58. The van der Waals surface area contributed by atoms with Crippen molar-refractivity contribution in [1.82, 2.24) is 20.2 Å². The SMILES string of the molecule is CC(=O)c1cccc2c1OB(O)[C@@H](CC(=O)Cc1nnn(CCCN)n1)C2. The Bertz CT molecular complexity index is 840. The lowest BCUT2D eigenvalue weighted by Crippen LogP contribution is -2.36. The van der Waals surface area contributed by atoms with E-state index in [0.717, 1.165) is 12.0 Å². The van der Waals surface area contributed by atoms with Crippen molar-refractivity contribution in [2.24, 2.45) is 5.73 Å². The number of benzene rings is 1. The number of carbonyl (C=O) groups excluding carboxylic acids is 2. The fraction of sp³-hybridized carbons (Fsp3) is 0.471. The minimum atomic E-state index is -1.14. The summed E-state index contributed by atoms with van der Waals surface area (Å²) in [5.74, 6) is 0.136. The van der Waals surface area contributed by atoms with Gasteiger partial charge in [-0.25, -0.2) is 0 Å². The number of aromatic nitrogens is 4. The van der Waals surface area contributed by atoms with E-state index >= 15 is 0 Å². The van der Waals surface area contributed by atoms with E-state index < -0.39 is 7.12 Å². The second-order valence-electron chi connectivity index (χ2n) is 6.69. The summed E-state index contributed by atoms with van der Waals surface area (Å²) in [6, 6.07) is 5.29. The van der Waals surface area contributed by atoms with E-state index in [1.807, 2.05) is 6.07 Å². The molecule has 0 saturated heterocycles. The molecule has 3 rings (SSSR count). The summed E-state index contributed by atoms with van der Waals surface area (Å²) in [5, 5.41) is 22.2. The lowest BCUT2D eigenvalue weighted by molar-refractivity contribution is -0.118. The Morgan fingerprint density at radius 3 is 3.00 bits per heavy atom. The number of hydrogen-bond acceptors (Lipinski definition) is 8. The number of hydrogen-bond donors (Lipinski definition) is 2. The van der Waals surface area contributed by atoms with E-state index in [1.165, 1.54) is 11.7 Å². The van der Waals surface area contributed by atoms with Crippen LogP contribution in [0.2, 0.25) is 5.82 Å². The molecule has 1 aliphatic heterocycles. The number of ketones is 2. The number of fused-ring (bicyclic) bond motifs is 1. The summed E-state index contributed by atoms with van der Waals surface area (Å²) < 4.78 is 5.56. The van der Waals surface area contributed by atoms with E-state index in [0.29, 0.717) is 36.6 Å². The maximum Gasteiger partial charge on any atom is 0.526 e. The number of nitrogens with two attached hydrogens (primary N) is 1. The molecule has 0 fully saturated rings. The Labute approximate surface area is 157 Å². The number of tetrazole rings is 1. The average molecular weight is 371 g/mol. The molecule has 1 atom stereocenters. The standard InChI is InChI=1S/C17H22BN5O4/c1-11(24)15-5-2-4-12-8-13(18(26)27-17(12)15)9-14(25)10-16-20-22-23(21-16)7-3-6-19/h2,4-5,13,26H,3,6-10,19H2,1H3/t13-/m1/s1. The molecule has 0 radical (unpaired) electrons. The highest BCUT2D eigenvalue weighted by Crippen LogP contribution is 2.36. The van der Waals surface area contributed by atoms with Gasteiger partial charge < -0.3 is 15.4 Å². The van der Waals surface area contributed by atoms with Crippen molar-refractivity contribution in [3.63, 3.8) is 0 Å². The zero-order chi connectivity index (χ0) is 19.4. The number of carbonyl (C=O) groups is 2. The van der Waals surface area contributed by atoms with Crippen LogP contribution in [-0.4, -0.2) is 50.5 Å². The maximum atomic E-state index is 12.4. The van der Waals surface area contributed by atoms with Crippen LogP contribution in [0.3, 0.4) is 0 Å². The molecule has 10 heteroatoms. The molecule has 0 bridgehead atoms. The Morgan fingerprint density at radius 2 is 2.26 bits per heavy atom. The van der Waals surface area contributed by atoms with Gasteiger partial charge in [-0.05, 0) is 43.2 Å². The van der Waals surface area contributed by atoms with Gasteiger partial charge in [-0.15, -0.1) is 10.2 Å². The van der Waals surface area contributed by atoms with E-state index in [9.17, 15) is 14.6 Å². The highest BCUT2D eigenvalue weighted by Gasteiger charge is 2.37. The molecule has 27 heavy (non-hydrogen) atoms. The fourth-order valence-electron chi connectivity index (χ4n) is 3.15. The molecule has 2 heterocycles. The number of aryl methyl sites for hydroxylation is 1.